The lowest BCUT2D eigenvalue weighted by Gasteiger charge is -2.23. The molecule has 1 saturated carbocycles. The van der Waals surface area contributed by atoms with Gasteiger partial charge in [-0.2, -0.15) is 0 Å². The van der Waals surface area contributed by atoms with E-state index in [0.717, 1.165) is 36.9 Å². The lowest BCUT2D eigenvalue weighted by atomic mass is 10.0. The summed E-state index contributed by atoms with van der Waals surface area (Å²) in [6, 6.07) is 3.00. The number of rotatable bonds is 4. The van der Waals surface area contributed by atoms with Crippen molar-refractivity contribution in [2.24, 2.45) is 0 Å². The Kier molecular flexibility index (Phi) is 3.96. The average Bonchev–Trinajstić information content (AvgIpc) is 2.77. The first-order valence-corrected chi connectivity index (χ1v) is 6.70. The molecule has 1 aromatic rings. The summed E-state index contributed by atoms with van der Waals surface area (Å²) in [5.41, 5.74) is 0.721. The molecule has 0 radical (unpaired) electrons. The highest BCUT2D eigenvalue weighted by Crippen LogP contribution is 2.33. The minimum atomic E-state index is -0.666. The van der Waals surface area contributed by atoms with Crippen molar-refractivity contribution in [1.29, 1.82) is 0 Å². The monoisotopic (exact) mass is 284 g/mol. The van der Waals surface area contributed by atoms with Crippen LogP contribution in [0.1, 0.15) is 31.2 Å². The Morgan fingerprint density at radius 3 is 2.68 bits per heavy atom. The second-order valence-electron chi connectivity index (χ2n) is 5.16. The van der Waals surface area contributed by atoms with Crippen molar-refractivity contribution in [3.63, 3.8) is 0 Å². The van der Waals surface area contributed by atoms with Gasteiger partial charge in [0.05, 0.1) is 10.5 Å². The van der Waals surface area contributed by atoms with Crippen LogP contribution in [0.3, 0.4) is 0 Å². The summed E-state index contributed by atoms with van der Waals surface area (Å²) in [6.45, 7) is 2.23. The van der Waals surface area contributed by atoms with Crippen LogP contribution in [0.5, 0.6) is 0 Å². The molecule has 2 N–H and O–H groups in total. The van der Waals surface area contributed by atoms with Crippen LogP contribution in [0.2, 0.25) is 5.02 Å². The number of nitro groups is 1. The van der Waals surface area contributed by atoms with Crippen LogP contribution in [-0.2, 0) is 0 Å². The number of aliphatic hydroxyl groups is 1. The molecule has 0 bridgehead atoms. The maximum Gasteiger partial charge on any atom is 0.288 e. The normalized spacial score (nSPS) is 17.4. The molecule has 0 aromatic heterocycles. The first-order chi connectivity index (χ1) is 8.91. The van der Waals surface area contributed by atoms with Gasteiger partial charge in [-0.25, -0.2) is 0 Å². The van der Waals surface area contributed by atoms with Crippen LogP contribution in [0.15, 0.2) is 12.1 Å². The highest BCUT2D eigenvalue weighted by atomic mass is 35.5. The maximum atomic E-state index is 10.8. The molecule has 19 heavy (non-hydrogen) atoms. The second kappa shape index (κ2) is 5.35. The quantitative estimate of drug-likeness (QED) is 0.657. The van der Waals surface area contributed by atoms with Gasteiger partial charge >= 0.3 is 0 Å². The predicted octanol–water partition coefficient (Wildman–Crippen LogP) is 3.27. The first kappa shape index (κ1) is 14.1. The lowest BCUT2D eigenvalue weighted by molar-refractivity contribution is -0.384. The zero-order valence-corrected chi connectivity index (χ0v) is 11.5. The summed E-state index contributed by atoms with van der Waals surface area (Å²) in [6.07, 6.45) is 3.66. The summed E-state index contributed by atoms with van der Waals surface area (Å²) in [4.78, 5) is 10.3. The van der Waals surface area contributed by atoms with Crippen molar-refractivity contribution in [3.8, 4) is 0 Å². The number of benzene rings is 1. The van der Waals surface area contributed by atoms with Gasteiger partial charge < -0.3 is 10.4 Å². The van der Waals surface area contributed by atoms with Gasteiger partial charge in [-0.1, -0.05) is 24.4 Å². The fourth-order valence-corrected chi connectivity index (χ4v) is 2.70. The highest BCUT2D eigenvalue weighted by Gasteiger charge is 2.30. The van der Waals surface area contributed by atoms with E-state index in [1.54, 1.807) is 13.0 Å². The van der Waals surface area contributed by atoms with E-state index in [0.29, 0.717) is 6.54 Å². The summed E-state index contributed by atoms with van der Waals surface area (Å²) in [5.74, 6) is 0. The Morgan fingerprint density at radius 1 is 1.47 bits per heavy atom. The molecule has 1 aromatic carbocycles. The fourth-order valence-electron chi connectivity index (χ4n) is 2.47. The number of hydrogen-bond acceptors (Lipinski definition) is 4. The summed E-state index contributed by atoms with van der Waals surface area (Å²) >= 11 is 5.88. The van der Waals surface area contributed by atoms with Crippen LogP contribution in [0, 0.1) is 17.0 Å². The van der Waals surface area contributed by atoms with Crippen LogP contribution >= 0.6 is 11.6 Å². The highest BCUT2D eigenvalue weighted by molar-refractivity contribution is 6.33. The molecule has 0 spiro atoms. The zero-order valence-electron chi connectivity index (χ0n) is 10.8. The van der Waals surface area contributed by atoms with Crippen LogP contribution in [-0.4, -0.2) is 22.2 Å². The Hall–Kier alpha value is -1.33. The Balaban J connectivity index is 2.13. The van der Waals surface area contributed by atoms with Crippen LogP contribution < -0.4 is 5.32 Å². The van der Waals surface area contributed by atoms with Gasteiger partial charge in [0.1, 0.15) is 5.02 Å². The van der Waals surface area contributed by atoms with E-state index >= 15 is 0 Å². The first-order valence-electron chi connectivity index (χ1n) is 6.32. The summed E-state index contributed by atoms with van der Waals surface area (Å²) in [7, 11) is 0. The molecule has 2 rings (SSSR count). The SMILES string of the molecule is Cc1cc([N+](=O)[O-])c(Cl)cc1NCC1(O)CCCC1. The summed E-state index contributed by atoms with van der Waals surface area (Å²) in [5, 5.41) is 24.3. The van der Waals surface area contributed by atoms with Crippen molar-refractivity contribution >= 4 is 23.0 Å². The number of anilines is 1. The predicted molar refractivity (Wildman–Crippen MR) is 74.8 cm³/mol. The minimum Gasteiger partial charge on any atom is -0.388 e. The molecule has 0 unspecified atom stereocenters. The molecule has 6 heteroatoms. The second-order valence-corrected chi connectivity index (χ2v) is 5.57. The molecule has 0 aliphatic heterocycles. The van der Waals surface area contributed by atoms with E-state index in [1.807, 2.05) is 0 Å². The Morgan fingerprint density at radius 2 is 2.11 bits per heavy atom. The van der Waals surface area contributed by atoms with Crippen molar-refractivity contribution in [3.05, 3.63) is 32.8 Å². The Labute approximate surface area is 116 Å². The number of aryl methyl sites for hydroxylation is 1. The molecule has 0 heterocycles. The third-order valence-corrected chi connectivity index (χ3v) is 3.94. The van der Waals surface area contributed by atoms with E-state index in [2.05, 4.69) is 5.32 Å². The van der Waals surface area contributed by atoms with Gasteiger partial charge in [0, 0.05) is 18.3 Å². The third kappa shape index (κ3) is 3.16. The topological polar surface area (TPSA) is 75.4 Å². The van der Waals surface area contributed by atoms with Gasteiger partial charge in [-0.3, -0.25) is 10.1 Å². The number of nitrogens with zero attached hydrogens (tertiary/aromatic N) is 1. The van der Waals surface area contributed by atoms with Crippen molar-refractivity contribution in [2.75, 3.05) is 11.9 Å². The van der Waals surface area contributed by atoms with Crippen molar-refractivity contribution in [2.45, 2.75) is 38.2 Å². The molecule has 0 saturated heterocycles. The maximum absolute atomic E-state index is 10.8. The van der Waals surface area contributed by atoms with Gasteiger partial charge in [0.25, 0.3) is 5.69 Å². The summed E-state index contributed by atoms with van der Waals surface area (Å²) < 4.78 is 0. The van der Waals surface area contributed by atoms with Gasteiger partial charge in [0.15, 0.2) is 0 Å². The fraction of sp³-hybridized carbons (Fsp3) is 0.538. The number of halogens is 1. The van der Waals surface area contributed by atoms with Gasteiger partial charge in [0.2, 0.25) is 0 Å². The van der Waals surface area contributed by atoms with Gasteiger partial charge in [-0.05, 0) is 31.4 Å². The molecule has 1 aliphatic carbocycles. The molecule has 5 nitrogen and oxygen atoms in total. The van der Waals surface area contributed by atoms with E-state index < -0.39 is 10.5 Å². The standard InChI is InChI=1S/C13H17ClN2O3/c1-9-6-12(16(18)19)10(14)7-11(9)15-8-13(17)4-2-3-5-13/h6-7,15,17H,2-5,8H2,1H3. The molecule has 0 atom stereocenters. The molecule has 1 aliphatic rings. The van der Waals surface area contributed by atoms with E-state index in [-0.39, 0.29) is 10.7 Å². The van der Waals surface area contributed by atoms with Gasteiger partial charge in [-0.15, -0.1) is 0 Å². The van der Waals surface area contributed by atoms with E-state index in [9.17, 15) is 15.2 Å². The molecular weight excluding hydrogens is 268 g/mol. The molecular formula is C13H17ClN2O3. The smallest absolute Gasteiger partial charge is 0.288 e. The third-order valence-electron chi connectivity index (χ3n) is 3.63. The Bertz CT molecular complexity index is 499. The number of nitro benzene ring substituents is 1. The van der Waals surface area contributed by atoms with Crippen molar-refractivity contribution in [1.82, 2.24) is 0 Å². The van der Waals surface area contributed by atoms with Crippen LogP contribution in [0.25, 0.3) is 0 Å². The zero-order chi connectivity index (χ0) is 14.0. The lowest BCUT2D eigenvalue weighted by Crippen LogP contribution is -2.33. The molecule has 104 valence electrons. The van der Waals surface area contributed by atoms with Crippen molar-refractivity contribution < 1.29 is 10.0 Å². The number of hydrogen-bond donors (Lipinski definition) is 2. The van der Waals surface area contributed by atoms with E-state index in [4.69, 9.17) is 11.6 Å². The molecule has 0 amide bonds. The van der Waals surface area contributed by atoms with E-state index in [1.165, 1.54) is 6.07 Å². The molecule has 1 fully saturated rings. The minimum absolute atomic E-state index is 0.0932. The number of nitrogens with one attached hydrogen (secondary N) is 1. The largest absolute Gasteiger partial charge is 0.388 e. The average molecular weight is 285 g/mol. The van der Waals surface area contributed by atoms with Crippen LogP contribution in [0.4, 0.5) is 11.4 Å².